The Bertz CT molecular complexity index is 727. The molecule has 0 spiro atoms. The predicted molar refractivity (Wildman–Crippen MR) is 115 cm³/mol. The van der Waals surface area contributed by atoms with E-state index in [9.17, 15) is 25.2 Å². The second-order valence-electron chi connectivity index (χ2n) is 11.8. The Morgan fingerprint density at radius 2 is 1.69 bits per heavy atom. The number of hydrogen-bond acceptors (Lipinski definition) is 7. The predicted octanol–water partition coefficient (Wildman–Crippen LogP) is 1.78. The molecule has 0 bridgehead atoms. The lowest BCUT2D eigenvalue weighted by Gasteiger charge is -2.60. The largest absolute Gasteiger partial charge is 0.394 e. The summed E-state index contributed by atoms with van der Waals surface area (Å²) in [6.45, 7) is 4.32. The Morgan fingerprint density at radius 3 is 2.44 bits per heavy atom. The Labute approximate surface area is 190 Å². The number of fused-ring (bicyclic) bond motifs is 5. The molecule has 32 heavy (non-hydrogen) atoms. The number of aliphatic hydroxyl groups is 4. The molecule has 0 amide bonds. The van der Waals surface area contributed by atoms with Gasteiger partial charge in [0.25, 0.3) is 0 Å². The summed E-state index contributed by atoms with van der Waals surface area (Å²) in [5, 5.41) is 40.2. The second kappa shape index (κ2) is 8.28. The molecule has 7 nitrogen and oxygen atoms in total. The van der Waals surface area contributed by atoms with Gasteiger partial charge in [-0.2, -0.15) is 0 Å². The quantitative estimate of drug-likeness (QED) is 0.516. The van der Waals surface area contributed by atoms with Crippen LogP contribution in [0, 0.1) is 34.5 Å². The van der Waals surface area contributed by atoms with E-state index in [0.29, 0.717) is 29.5 Å². The second-order valence-corrected chi connectivity index (χ2v) is 11.8. The number of ether oxygens (including phenoxy) is 2. The molecular formula is C25H40O7. The van der Waals surface area contributed by atoms with E-state index in [4.69, 9.17) is 9.47 Å². The fourth-order valence-corrected chi connectivity index (χ4v) is 8.56. The molecule has 1 heterocycles. The number of carbonyl (C=O) groups excluding carboxylic acids is 1. The van der Waals surface area contributed by atoms with E-state index in [1.54, 1.807) is 0 Å². The molecule has 5 aliphatic rings. The summed E-state index contributed by atoms with van der Waals surface area (Å²) in [5.41, 5.74) is 0.252. The van der Waals surface area contributed by atoms with E-state index >= 15 is 0 Å². The molecule has 0 aromatic heterocycles. The van der Waals surface area contributed by atoms with Crippen LogP contribution >= 0.6 is 0 Å². The number of Topliss-reactive ketones (excluding diaryl/α,β-unsaturated/α-hetero) is 1. The average Bonchev–Trinajstić information content (AvgIpc) is 3.10. The molecule has 1 saturated heterocycles. The number of rotatable bonds is 3. The van der Waals surface area contributed by atoms with Crippen molar-refractivity contribution in [3.8, 4) is 0 Å². The van der Waals surface area contributed by atoms with Crippen molar-refractivity contribution in [2.75, 3.05) is 6.61 Å². The fourth-order valence-electron chi connectivity index (χ4n) is 8.56. The molecule has 5 fully saturated rings. The zero-order chi connectivity index (χ0) is 22.8. The Hall–Kier alpha value is -0.570. The lowest BCUT2D eigenvalue weighted by molar-refractivity contribution is -0.319. The van der Waals surface area contributed by atoms with Crippen LogP contribution in [0.5, 0.6) is 0 Å². The minimum Gasteiger partial charge on any atom is -0.394 e. The van der Waals surface area contributed by atoms with Gasteiger partial charge in [-0.15, -0.1) is 0 Å². The smallest absolute Gasteiger partial charge is 0.186 e. The number of carbonyl (C=O) groups is 1. The van der Waals surface area contributed by atoms with Gasteiger partial charge in [0.15, 0.2) is 6.29 Å². The van der Waals surface area contributed by atoms with Gasteiger partial charge in [-0.1, -0.05) is 13.8 Å². The maximum absolute atomic E-state index is 12.1. The van der Waals surface area contributed by atoms with Gasteiger partial charge in [0.05, 0.1) is 12.7 Å². The van der Waals surface area contributed by atoms with Crippen LogP contribution in [0.25, 0.3) is 0 Å². The summed E-state index contributed by atoms with van der Waals surface area (Å²) in [5.74, 6) is 2.84. The van der Waals surface area contributed by atoms with E-state index < -0.39 is 37.3 Å². The van der Waals surface area contributed by atoms with Gasteiger partial charge in [0.1, 0.15) is 30.2 Å². The number of ketones is 1. The first kappa shape index (κ1) is 23.2. The van der Waals surface area contributed by atoms with Crippen LogP contribution in [0.1, 0.15) is 71.6 Å². The summed E-state index contributed by atoms with van der Waals surface area (Å²) >= 11 is 0. The summed E-state index contributed by atoms with van der Waals surface area (Å²) in [7, 11) is 0. The third-order valence-corrected chi connectivity index (χ3v) is 10.5. The highest BCUT2D eigenvalue weighted by atomic mass is 16.7. The van der Waals surface area contributed by atoms with E-state index in [-0.39, 0.29) is 16.9 Å². The SMILES string of the molecule is C[C@]12CCC(=O)C[C@@H]1CC[C@@H]1[C@@H]2CC[C@]2(C)[C@@H](O[C@@H]3O[C@H](CO)[C@@H](O)[C@H](O)[C@H]3O)CC[C@@H]12. The third kappa shape index (κ3) is 3.42. The molecular weight excluding hydrogens is 412 g/mol. The van der Waals surface area contributed by atoms with E-state index in [1.165, 1.54) is 6.42 Å². The average molecular weight is 453 g/mol. The zero-order valence-corrected chi connectivity index (χ0v) is 19.4. The lowest BCUT2D eigenvalue weighted by Crippen LogP contribution is -2.60. The monoisotopic (exact) mass is 452 g/mol. The van der Waals surface area contributed by atoms with Crippen LogP contribution in [-0.4, -0.2) is 69.6 Å². The zero-order valence-electron chi connectivity index (χ0n) is 19.4. The van der Waals surface area contributed by atoms with E-state index in [1.807, 2.05) is 0 Å². The maximum Gasteiger partial charge on any atom is 0.186 e. The van der Waals surface area contributed by atoms with Crippen molar-refractivity contribution in [2.45, 2.75) is 108 Å². The molecule has 0 radical (unpaired) electrons. The summed E-state index contributed by atoms with van der Waals surface area (Å²) in [6, 6.07) is 0. The Morgan fingerprint density at radius 1 is 0.938 bits per heavy atom. The number of aliphatic hydroxyl groups excluding tert-OH is 4. The molecule has 0 aromatic rings. The fraction of sp³-hybridized carbons (Fsp3) is 0.960. The highest BCUT2D eigenvalue weighted by molar-refractivity contribution is 5.79. The molecule has 182 valence electrons. The molecule has 1 aliphatic heterocycles. The molecule has 4 aliphatic carbocycles. The molecule has 4 N–H and O–H groups in total. The van der Waals surface area contributed by atoms with Gasteiger partial charge in [-0.25, -0.2) is 0 Å². The van der Waals surface area contributed by atoms with Crippen LogP contribution in [0.15, 0.2) is 0 Å². The molecule has 7 heteroatoms. The molecule has 12 atom stereocenters. The van der Waals surface area contributed by atoms with Crippen molar-refractivity contribution in [1.29, 1.82) is 0 Å². The van der Waals surface area contributed by atoms with Gasteiger partial charge in [-0.05, 0) is 79.4 Å². The first-order chi connectivity index (χ1) is 15.2. The molecule has 5 rings (SSSR count). The van der Waals surface area contributed by atoms with Gasteiger partial charge in [0.2, 0.25) is 0 Å². The van der Waals surface area contributed by atoms with Crippen molar-refractivity contribution in [3.63, 3.8) is 0 Å². The maximum atomic E-state index is 12.1. The van der Waals surface area contributed by atoms with Crippen LogP contribution in [0.3, 0.4) is 0 Å². The molecule has 4 saturated carbocycles. The van der Waals surface area contributed by atoms with Gasteiger partial charge < -0.3 is 29.9 Å². The van der Waals surface area contributed by atoms with Gasteiger partial charge in [-0.3, -0.25) is 4.79 Å². The number of hydrogen-bond donors (Lipinski definition) is 4. The normalized spacial score (nSPS) is 55.8. The summed E-state index contributed by atoms with van der Waals surface area (Å²) in [4.78, 5) is 12.1. The Kier molecular flexibility index (Phi) is 6.00. The van der Waals surface area contributed by atoms with Crippen LogP contribution in [0.4, 0.5) is 0 Å². The van der Waals surface area contributed by atoms with Crippen LogP contribution < -0.4 is 0 Å². The first-order valence-electron chi connectivity index (χ1n) is 12.7. The van der Waals surface area contributed by atoms with Crippen LogP contribution in [-0.2, 0) is 14.3 Å². The first-order valence-corrected chi connectivity index (χ1v) is 12.7. The van der Waals surface area contributed by atoms with Crippen molar-refractivity contribution >= 4 is 5.78 Å². The van der Waals surface area contributed by atoms with Gasteiger partial charge >= 0.3 is 0 Å². The topological polar surface area (TPSA) is 116 Å². The standard InChI is InChI=1S/C25H40O7/c1-24-9-7-14(27)11-13(24)3-4-15-16-5-6-19(25(16,2)10-8-17(15)24)32-23-22(30)21(29)20(28)18(12-26)31-23/h13,15-23,26,28-30H,3-12H2,1-2H3/t13-,15-,16-,17-,18+,19-,20+,21-,22+,23-,24-,25-/m0/s1. The van der Waals surface area contributed by atoms with Crippen molar-refractivity contribution in [1.82, 2.24) is 0 Å². The minimum atomic E-state index is -1.41. The highest BCUT2D eigenvalue weighted by Crippen LogP contribution is 2.66. The Balaban J connectivity index is 1.32. The summed E-state index contributed by atoms with van der Waals surface area (Å²) in [6.07, 6.45) is 2.84. The molecule has 0 aromatic carbocycles. The third-order valence-electron chi connectivity index (χ3n) is 10.5. The van der Waals surface area contributed by atoms with Gasteiger partial charge in [0, 0.05) is 12.8 Å². The lowest BCUT2D eigenvalue weighted by atomic mass is 9.45. The van der Waals surface area contributed by atoms with Crippen LogP contribution in [0.2, 0.25) is 0 Å². The molecule has 0 unspecified atom stereocenters. The highest BCUT2D eigenvalue weighted by Gasteiger charge is 2.61. The summed E-state index contributed by atoms with van der Waals surface area (Å²) < 4.78 is 12.0. The van der Waals surface area contributed by atoms with Crippen molar-refractivity contribution in [3.05, 3.63) is 0 Å². The van der Waals surface area contributed by atoms with E-state index in [0.717, 1.165) is 51.4 Å². The minimum absolute atomic E-state index is 0.0202. The van der Waals surface area contributed by atoms with E-state index in [2.05, 4.69) is 13.8 Å². The van der Waals surface area contributed by atoms with Crippen molar-refractivity contribution in [2.24, 2.45) is 34.5 Å². The van der Waals surface area contributed by atoms with Crippen molar-refractivity contribution < 1.29 is 34.7 Å².